The van der Waals surface area contributed by atoms with Crippen molar-refractivity contribution in [3.63, 3.8) is 0 Å². The van der Waals surface area contributed by atoms with Crippen LogP contribution in [0.25, 0.3) is 0 Å². The quantitative estimate of drug-likeness (QED) is 0.822. The normalized spacial score (nSPS) is 10.4. The smallest absolute Gasteiger partial charge is 0.141 e. The number of hydrogen-bond donors (Lipinski definition) is 2. The van der Waals surface area contributed by atoms with E-state index < -0.39 is 0 Å². The Bertz CT molecular complexity index is 666. The van der Waals surface area contributed by atoms with Gasteiger partial charge in [-0.1, -0.05) is 35.4 Å². The van der Waals surface area contributed by atoms with Gasteiger partial charge in [-0.2, -0.15) is 0 Å². The number of aromatic nitrogens is 1. The highest BCUT2D eigenvalue weighted by Gasteiger charge is 2.12. The molecule has 104 valence electrons. The van der Waals surface area contributed by atoms with Crippen molar-refractivity contribution in [3.8, 4) is 0 Å². The zero-order chi connectivity index (χ0) is 14.9. The molecular formula is C14H13Cl2N3S. The van der Waals surface area contributed by atoms with Crippen molar-refractivity contribution in [3.05, 3.63) is 51.1 Å². The number of hydrogen-bond acceptors (Lipinski definition) is 3. The Morgan fingerprint density at radius 3 is 2.30 bits per heavy atom. The molecule has 0 aliphatic rings. The second-order valence-corrected chi connectivity index (χ2v) is 5.76. The molecule has 0 saturated carbocycles. The minimum absolute atomic E-state index is 0.297. The Balaban J connectivity index is 2.49. The Hall–Kier alpha value is -1.36. The van der Waals surface area contributed by atoms with Gasteiger partial charge in [0.1, 0.15) is 10.8 Å². The summed E-state index contributed by atoms with van der Waals surface area (Å²) in [6.07, 6.45) is 0. The molecule has 0 radical (unpaired) electrons. The van der Waals surface area contributed by atoms with Crippen LogP contribution in [0.15, 0.2) is 24.3 Å². The summed E-state index contributed by atoms with van der Waals surface area (Å²) in [6.45, 7) is 3.85. The van der Waals surface area contributed by atoms with E-state index in [1.807, 2.05) is 19.9 Å². The molecule has 0 saturated heterocycles. The van der Waals surface area contributed by atoms with Crippen LogP contribution in [0, 0.1) is 13.8 Å². The molecule has 1 aromatic heterocycles. The summed E-state index contributed by atoms with van der Waals surface area (Å²) < 4.78 is 0. The van der Waals surface area contributed by atoms with Gasteiger partial charge >= 0.3 is 0 Å². The zero-order valence-corrected chi connectivity index (χ0v) is 13.3. The number of rotatable bonds is 3. The molecular weight excluding hydrogens is 313 g/mol. The summed E-state index contributed by atoms with van der Waals surface area (Å²) in [4.78, 5) is 4.74. The number of nitrogens with two attached hydrogens (primary N) is 1. The summed E-state index contributed by atoms with van der Waals surface area (Å²) in [5.74, 6) is 0.605. The highest BCUT2D eigenvalue weighted by atomic mass is 35.5. The standard InChI is InChI=1S/C14H13Cl2N3S/c1-7-3-8(2)18-14(12(7)13(17)20)19-11-5-9(15)4-10(16)6-11/h3-6H,1-2H3,(H2,17,20)(H,18,19). The van der Waals surface area contributed by atoms with Crippen LogP contribution in [-0.2, 0) is 0 Å². The lowest BCUT2D eigenvalue weighted by Gasteiger charge is -2.14. The van der Waals surface area contributed by atoms with E-state index in [9.17, 15) is 0 Å². The lowest BCUT2D eigenvalue weighted by molar-refractivity contribution is 1.17. The summed E-state index contributed by atoms with van der Waals surface area (Å²) in [7, 11) is 0. The lowest BCUT2D eigenvalue weighted by Crippen LogP contribution is -2.15. The Kier molecular flexibility index (Phi) is 4.48. The van der Waals surface area contributed by atoms with Crippen LogP contribution < -0.4 is 11.1 Å². The molecule has 1 heterocycles. The summed E-state index contributed by atoms with van der Waals surface area (Å²) >= 11 is 17.1. The van der Waals surface area contributed by atoms with Crippen LogP contribution in [0.3, 0.4) is 0 Å². The zero-order valence-electron chi connectivity index (χ0n) is 11.0. The SMILES string of the molecule is Cc1cc(C)c(C(N)=S)c(Nc2cc(Cl)cc(Cl)c2)n1. The van der Waals surface area contributed by atoms with Crippen molar-refractivity contribution in [2.24, 2.45) is 5.73 Å². The van der Waals surface area contributed by atoms with E-state index in [1.165, 1.54) is 0 Å². The minimum Gasteiger partial charge on any atom is -0.389 e. The fourth-order valence-electron chi connectivity index (χ4n) is 2.00. The maximum atomic E-state index is 5.99. The largest absolute Gasteiger partial charge is 0.389 e. The Morgan fingerprint density at radius 2 is 1.75 bits per heavy atom. The monoisotopic (exact) mass is 325 g/mol. The maximum Gasteiger partial charge on any atom is 0.141 e. The van der Waals surface area contributed by atoms with Crippen LogP contribution in [0.5, 0.6) is 0 Å². The van der Waals surface area contributed by atoms with Gasteiger partial charge in [0.25, 0.3) is 0 Å². The topological polar surface area (TPSA) is 50.9 Å². The molecule has 0 unspecified atom stereocenters. The predicted molar refractivity (Wildman–Crippen MR) is 89.3 cm³/mol. The van der Waals surface area contributed by atoms with E-state index in [4.69, 9.17) is 41.2 Å². The van der Waals surface area contributed by atoms with Crippen molar-refractivity contribution >= 4 is 51.9 Å². The second-order valence-electron chi connectivity index (χ2n) is 4.45. The number of aryl methyl sites for hydroxylation is 2. The molecule has 6 heteroatoms. The number of benzene rings is 1. The summed E-state index contributed by atoms with van der Waals surface area (Å²) in [5.41, 5.74) is 9.08. The third kappa shape index (κ3) is 3.39. The maximum absolute atomic E-state index is 5.99. The van der Waals surface area contributed by atoms with Gasteiger partial charge in [0.2, 0.25) is 0 Å². The van der Waals surface area contributed by atoms with Crippen molar-refractivity contribution < 1.29 is 0 Å². The van der Waals surface area contributed by atoms with Crippen LogP contribution in [0.4, 0.5) is 11.5 Å². The molecule has 3 N–H and O–H groups in total. The molecule has 2 rings (SSSR count). The van der Waals surface area contributed by atoms with Crippen LogP contribution in [0.2, 0.25) is 10.0 Å². The van der Waals surface area contributed by atoms with E-state index in [-0.39, 0.29) is 0 Å². The third-order valence-electron chi connectivity index (χ3n) is 2.72. The molecule has 2 aromatic rings. The van der Waals surface area contributed by atoms with Gasteiger partial charge in [-0.05, 0) is 43.7 Å². The van der Waals surface area contributed by atoms with E-state index in [1.54, 1.807) is 18.2 Å². The van der Waals surface area contributed by atoms with Gasteiger partial charge < -0.3 is 11.1 Å². The first-order valence-corrected chi connectivity index (χ1v) is 7.04. The fourth-order valence-corrected chi connectivity index (χ4v) is 2.78. The summed E-state index contributed by atoms with van der Waals surface area (Å²) in [5, 5.41) is 4.26. The number of pyridine rings is 1. The van der Waals surface area contributed by atoms with Gasteiger partial charge in [-0.25, -0.2) is 4.98 Å². The number of thiocarbonyl (C=S) groups is 1. The second kappa shape index (κ2) is 5.95. The average Bonchev–Trinajstić information content (AvgIpc) is 2.25. The molecule has 0 spiro atoms. The number of anilines is 2. The lowest BCUT2D eigenvalue weighted by atomic mass is 10.1. The first-order chi connectivity index (χ1) is 9.36. The van der Waals surface area contributed by atoms with Crippen LogP contribution in [0.1, 0.15) is 16.8 Å². The molecule has 0 atom stereocenters. The minimum atomic E-state index is 0.297. The molecule has 0 aliphatic carbocycles. The predicted octanol–water partition coefficient (Wildman–Crippen LogP) is 4.38. The van der Waals surface area contributed by atoms with Crippen molar-refractivity contribution in [2.45, 2.75) is 13.8 Å². The Morgan fingerprint density at radius 1 is 1.15 bits per heavy atom. The number of halogens is 2. The van der Waals surface area contributed by atoms with E-state index in [0.717, 1.165) is 22.5 Å². The van der Waals surface area contributed by atoms with Gasteiger partial charge in [0, 0.05) is 21.4 Å². The molecule has 0 amide bonds. The highest BCUT2D eigenvalue weighted by Crippen LogP contribution is 2.27. The summed E-state index contributed by atoms with van der Waals surface area (Å²) in [6, 6.07) is 7.12. The van der Waals surface area contributed by atoms with E-state index in [2.05, 4.69) is 10.3 Å². The number of nitrogens with zero attached hydrogens (tertiary/aromatic N) is 1. The molecule has 3 nitrogen and oxygen atoms in total. The molecule has 0 fully saturated rings. The molecule has 0 aliphatic heterocycles. The first kappa shape index (κ1) is 15.0. The van der Waals surface area contributed by atoms with Gasteiger partial charge in [0.15, 0.2) is 0 Å². The highest BCUT2D eigenvalue weighted by molar-refractivity contribution is 7.80. The molecule has 20 heavy (non-hydrogen) atoms. The fraction of sp³-hybridized carbons (Fsp3) is 0.143. The van der Waals surface area contributed by atoms with Crippen molar-refractivity contribution in [1.82, 2.24) is 4.98 Å². The van der Waals surface area contributed by atoms with Crippen molar-refractivity contribution in [2.75, 3.05) is 5.32 Å². The first-order valence-electron chi connectivity index (χ1n) is 5.88. The van der Waals surface area contributed by atoms with Gasteiger partial charge in [-0.15, -0.1) is 0 Å². The van der Waals surface area contributed by atoms with Gasteiger partial charge in [0.05, 0.1) is 5.56 Å². The Labute approximate surface area is 133 Å². The van der Waals surface area contributed by atoms with E-state index in [0.29, 0.717) is 20.9 Å². The van der Waals surface area contributed by atoms with Crippen LogP contribution >= 0.6 is 35.4 Å². The average molecular weight is 326 g/mol. The molecule has 1 aromatic carbocycles. The van der Waals surface area contributed by atoms with Crippen molar-refractivity contribution in [1.29, 1.82) is 0 Å². The third-order valence-corrected chi connectivity index (χ3v) is 3.36. The van der Waals surface area contributed by atoms with Gasteiger partial charge in [-0.3, -0.25) is 0 Å². The van der Waals surface area contributed by atoms with Crippen LogP contribution in [-0.4, -0.2) is 9.97 Å². The van der Waals surface area contributed by atoms with E-state index >= 15 is 0 Å². The number of nitrogens with one attached hydrogen (secondary N) is 1. The molecule has 0 bridgehead atoms.